The van der Waals surface area contributed by atoms with Crippen LogP contribution < -0.4 is 11.1 Å². The van der Waals surface area contributed by atoms with Crippen LogP contribution in [0.4, 0.5) is 0 Å². The van der Waals surface area contributed by atoms with Crippen molar-refractivity contribution in [3.8, 4) is 0 Å². The number of aryl methyl sites for hydroxylation is 1. The summed E-state index contributed by atoms with van der Waals surface area (Å²) < 4.78 is 2.20. The Balaban J connectivity index is 0.00000112. The van der Waals surface area contributed by atoms with Crippen molar-refractivity contribution in [2.45, 2.75) is 0 Å². The van der Waals surface area contributed by atoms with Crippen molar-refractivity contribution in [3.05, 3.63) is 43.4 Å². The number of hydrogen-bond acceptors (Lipinski definition) is 2. The minimum atomic E-state index is -0.595. The number of nitrogens with zero attached hydrogens (tertiary/aromatic N) is 1. The fourth-order valence-electron chi connectivity index (χ4n) is 1.33. The van der Waals surface area contributed by atoms with Gasteiger partial charge in [-0.1, -0.05) is 15.9 Å². The molecule has 0 aliphatic heterocycles. The summed E-state index contributed by atoms with van der Waals surface area (Å²) in [5, 5.41) is 0. The molecule has 0 aliphatic rings. The molecule has 0 atom stereocenters. The van der Waals surface area contributed by atoms with E-state index < -0.39 is 11.1 Å². The molecule has 0 unspecified atom stereocenters. The molecule has 6 heteroatoms. The van der Waals surface area contributed by atoms with Gasteiger partial charge < -0.3 is 9.55 Å². The van der Waals surface area contributed by atoms with Crippen molar-refractivity contribution < 1.29 is 0 Å². The summed E-state index contributed by atoms with van der Waals surface area (Å²) in [4.78, 5) is 25.0. The summed E-state index contributed by atoms with van der Waals surface area (Å²) in [6.45, 7) is 0. The van der Waals surface area contributed by atoms with E-state index in [0.717, 1.165) is 4.47 Å². The van der Waals surface area contributed by atoms with Crippen LogP contribution in [0.2, 0.25) is 0 Å². The number of aromatic amines is 1. The predicted octanol–water partition coefficient (Wildman–Crippen LogP) is 1.41. The maximum absolute atomic E-state index is 11.3. The van der Waals surface area contributed by atoms with Gasteiger partial charge in [-0.05, 0) is 18.2 Å². The molecule has 1 heterocycles. The van der Waals surface area contributed by atoms with Crippen LogP contribution in [-0.4, -0.2) is 9.55 Å². The molecule has 0 saturated heterocycles. The molecule has 0 spiro atoms. The summed E-state index contributed by atoms with van der Waals surface area (Å²) in [6, 6.07) is 5.34. The SMILES string of the molecule is Cl.Cn1c(=O)c(=O)[nH]c2ccc(Br)cc21. The Kier molecular flexibility index (Phi) is 3.36. The average Bonchev–Trinajstić information content (AvgIpc) is 2.16. The maximum atomic E-state index is 11.3. The van der Waals surface area contributed by atoms with E-state index in [0.29, 0.717) is 11.0 Å². The molecule has 0 saturated carbocycles. The van der Waals surface area contributed by atoms with Crippen molar-refractivity contribution in [1.82, 2.24) is 9.55 Å². The normalized spacial score (nSPS) is 10.0. The lowest BCUT2D eigenvalue weighted by Crippen LogP contribution is -2.34. The van der Waals surface area contributed by atoms with Crippen molar-refractivity contribution in [1.29, 1.82) is 0 Å². The monoisotopic (exact) mass is 290 g/mol. The number of benzene rings is 1. The Bertz CT molecular complexity index is 618. The van der Waals surface area contributed by atoms with E-state index in [2.05, 4.69) is 20.9 Å². The van der Waals surface area contributed by atoms with Crippen molar-refractivity contribution in [3.63, 3.8) is 0 Å². The van der Waals surface area contributed by atoms with Gasteiger partial charge in [0.2, 0.25) is 0 Å². The predicted molar refractivity (Wildman–Crippen MR) is 64.8 cm³/mol. The molecule has 0 aliphatic carbocycles. The lowest BCUT2D eigenvalue weighted by molar-refractivity contribution is 0.873. The third-order valence-corrected chi connectivity index (χ3v) is 2.56. The highest BCUT2D eigenvalue weighted by atomic mass is 79.9. The average molecular weight is 292 g/mol. The Morgan fingerprint density at radius 2 is 2.00 bits per heavy atom. The summed E-state index contributed by atoms with van der Waals surface area (Å²) in [6.07, 6.45) is 0. The molecule has 80 valence electrons. The van der Waals surface area contributed by atoms with Crippen molar-refractivity contribution in [2.75, 3.05) is 0 Å². The molecule has 1 aromatic heterocycles. The Morgan fingerprint density at radius 1 is 1.33 bits per heavy atom. The molecule has 0 radical (unpaired) electrons. The van der Waals surface area contributed by atoms with Crippen LogP contribution >= 0.6 is 28.3 Å². The smallest absolute Gasteiger partial charge is 0.316 e. The number of hydrogen-bond donors (Lipinski definition) is 1. The summed E-state index contributed by atoms with van der Waals surface area (Å²) in [5.41, 5.74) is 0.210. The van der Waals surface area contributed by atoms with Gasteiger partial charge in [0, 0.05) is 11.5 Å². The minimum absolute atomic E-state index is 0. The zero-order valence-corrected chi connectivity index (χ0v) is 10.2. The fourth-order valence-corrected chi connectivity index (χ4v) is 1.67. The molecule has 2 aromatic rings. The molecule has 0 bridgehead atoms. The lowest BCUT2D eigenvalue weighted by atomic mass is 10.3. The van der Waals surface area contributed by atoms with Crippen LogP contribution in [0.5, 0.6) is 0 Å². The van der Waals surface area contributed by atoms with Gasteiger partial charge in [-0.2, -0.15) is 0 Å². The van der Waals surface area contributed by atoms with Gasteiger partial charge >= 0.3 is 11.1 Å². The van der Waals surface area contributed by atoms with Gasteiger partial charge in [0.15, 0.2) is 0 Å². The van der Waals surface area contributed by atoms with Gasteiger partial charge in [-0.15, -0.1) is 12.4 Å². The molecule has 0 fully saturated rings. The van der Waals surface area contributed by atoms with Gasteiger partial charge in [0.25, 0.3) is 0 Å². The highest BCUT2D eigenvalue weighted by Crippen LogP contribution is 2.15. The second-order valence-electron chi connectivity index (χ2n) is 2.98. The summed E-state index contributed by atoms with van der Waals surface area (Å²) in [7, 11) is 1.58. The number of nitrogens with one attached hydrogen (secondary N) is 1. The van der Waals surface area contributed by atoms with Crippen LogP contribution in [-0.2, 0) is 7.05 Å². The van der Waals surface area contributed by atoms with Crippen LogP contribution in [0.25, 0.3) is 11.0 Å². The molecular weight excluding hydrogens is 283 g/mol. The van der Waals surface area contributed by atoms with Crippen LogP contribution in [0.15, 0.2) is 32.3 Å². The topological polar surface area (TPSA) is 54.9 Å². The van der Waals surface area contributed by atoms with Gasteiger partial charge in [0.1, 0.15) is 0 Å². The largest absolute Gasteiger partial charge is 0.316 e. The molecular formula is C9H8BrClN2O2. The first kappa shape index (κ1) is 12.0. The maximum Gasteiger partial charge on any atom is 0.316 e. The standard InChI is InChI=1S/C9H7BrN2O2.ClH/c1-12-7-4-5(10)2-3-6(7)11-8(13)9(12)14;/h2-4H,1H3,(H,11,13);1H. The fraction of sp³-hybridized carbons (Fsp3) is 0.111. The van der Waals surface area contributed by atoms with E-state index >= 15 is 0 Å². The second kappa shape index (κ2) is 4.20. The number of rotatable bonds is 0. The van der Waals surface area contributed by atoms with Crippen molar-refractivity contribution in [2.24, 2.45) is 7.05 Å². The summed E-state index contributed by atoms with van der Waals surface area (Å²) >= 11 is 3.30. The zero-order valence-electron chi connectivity index (χ0n) is 7.78. The zero-order chi connectivity index (χ0) is 10.3. The number of aromatic nitrogens is 2. The number of halogens is 2. The molecule has 2 rings (SSSR count). The van der Waals surface area contributed by atoms with E-state index in [-0.39, 0.29) is 12.4 Å². The summed E-state index contributed by atoms with van der Waals surface area (Å²) in [5.74, 6) is 0. The number of fused-ring (bicyclic) bond motifs is 1. The van der Waals surface area contributed by atoms with Crippen LogP contribution in [0.1, 0.15) is 0 Å². The van der Waals surface area contributed by atoms with E-state index in [1.54, 1.807) is 19.2 Å². The molecule has 1 N–H and O–H groups in total. The van der Waals surface area contributed by atoms with Gasteiger partial charge in [-0.3, -0.25) is 9.59 Å². The quantitative estimate of drug-likeness (QED) is 0.746. The highest BCUT2D eigenvalue weighted by Gasteiger charge is 2.03. The van der Waals surface area contributed by atoms with Crippen molar-refractivity contribution >= 4 is 39.4 Å². The second-order valence-corrected chi connectivity index (χ2v) is 3.90. The number of H-pyrrole nitrogens is 1. The minimum Gasteiger partial charge on any atom is -0.316 e. The third-order valence-electron chi connectivity index (χ3n) is 2.07. The van der Waals surface area contributed by atoms with E-state index in [1.807, 2.05) is 6.07 Å². The Hall–Kier alpha value is -1.07. The van der Waals surface area contributed by atoms with Crippen LogP contribution in [0, 0.1) is 0 Å². The highest BCUT2D eigenvalue weighted by molar-refractivity contribution is 9.10. The first-order valence-electron chi connectivity index (χ1n) is 3.98. The van der Waals surface area contributed by atoms with E-state index in [4.69, 9.17) is 0 Å². The van der Waals surface area contributed by atoms with Gasteiger partial charge in [-0.25, -0.2) is 0 Å². The first-order valence-corrected chi connectivity index (χ1v) is 4.77. The van der Waals surface area contributed by atoms with E-state index in [9.17, 15) is 9.59 Å². The van der Waals surface area contributed by atoms with Gasteiger partial charge in [0.05, 0.1) is 11.0 Å². The third kappa shape index (κ3) is 1.98. The molecule has 0 amide bonds. The van der Waals surface area contributed by atoms with Crippen LogP contribution in [0.3, 0.4) is 0 Å². The van der Waals surface area contributed by atoms with E-state index in [1.165, 1.54) is 4.57 Å². The first-order chi connectivity index (χ1) is 6.59. The molecule has 4 nitrogen and oxygen atoms in total. The Morgan fingerprint density at radius 3 is 2.67 bits per heavy atom. The Labute approximate surface area is 99.5 Å². The molecule has 15 heavy (non-hydrogen) atoms. The lowest BCUT2D eigenvalue weighted by Gasteiger charge is -2.03. The molecule has 1 aromatic carbocycles.